The van der Waals surface area contributed by atoms with Crippen LogP contribution in [0.15, 0.2) is 12.1 Å². The van der Waals surface area contributed by atoms with Crippen molar-refractivity contribution >= 4 is 28.9 Å². The van der Waals surface area contributed by atoms with Gasteiger partial charge in [-0.3, -0.25) is 0 Å². The third-order valence-corrected chi connectivity index (χ3v) is 2.99. The summed E-state index contributed by atoms with van der Waals surface area (Å²) in [6, 6.07) is 2.70. The SMILES string of the molecule is Nc1cc(-c2nnnn2CC(F)(F)F)cc(Cl)c1Cl. The van der Waals surface area contributed by atoms with Crippen LogP contribution in [0.25, 0.3) is 11.4 Å². The number of benzene rings is 1. The minimum Gasteiger partial charge on any atom is -0.397 e. The van der Waals surface area contributed by atoms with Crippen LogP contribution in [-0.2, 0) is 6.54 Å². The first-order valence-electron chi connectivity index (χ1n) is 4.86. The number of halogens is 5. The van der Waals surface area contributed by atoms with Gasteiger partial charge in [0.2, 0.25) is 0 Å². The lowest BCUT2D eigenvalue weighted by Gasteiger charge is -2.09. The van der Waals surface area contributed by atoms with E-state index in [0.717, 1.165) is 0 Å². The van der Waals surface area contributed by atoms with Crippen molar-refractivity contribution < 1.29 is 13.2 Å². The third kappa shape index (κ3) is 3.07. The summed E-state index contributed by atoms with van der Waals surface area (Å²) in [7, 11) is 0. The molecule has 102 valence electrons. The van der Waals surface area contributed by atoms with E-state index in [4.69, 9.17) is 28.9 Å². The predicted octanol–water partition coefficient (Wildman–Crippen LogP) is 2.79. The van der Waals surface area contributed by atoms with Crippen LogP contribution < -0.4 is 5.73 Å². The first-order chi connectivity index (χ1) is 8.78. The van der Waals surface area contributed by atoms with E-state index in [2.05, 4.69) is 15.5 Å². The van der Waals surface area contributed by atoms with Crippen LogP contribution in [-0.4, -0.2) is 26.4 Å². The molecule has 5 nitrogen and oxygen atoms in total. The van der Waals surface area contributed by atoms with Crippen molar-refractivity contribution in [1.82, 2.24) is 20.2 Å². The van der Waals surface area contributed by atoms with E-state index in [9.17, 15) is 13.2 Å². The molecule has 0 saturated heterocycles. The summed E-state index contributed by atoms with van der Waals surface area (Å²) in [5, 5.41) is 10.3. The number of hydrogen-bond acceptors (Lipinski definition) is 4. The van der Waals surface area contributed by atoms with Crippen LogP contribution in [0.4, 0.5) is 18.9 Å². The fourth-order valence-electron chi connectivity index (χ4n) is 1.43. The van der Waals surface area contributed by atoms with E-state index in [1.54, 1.807) is 0 Å². The molecule has 1 aromatic carbocycles. The molecule has 0 unspecified atom stereocenters. The van der Waals surface area contributed by atoms with Gasteiger partial charge in [-0.1, -0.05) is 23.2 Å². The second-order valence-electron chi connectivity index (χ2n) is 3.64. The van der Waals surface area contributed by atoms with Crippen LogP contribution in [0, 0.1) is 0 Å². The van der Waals surface area contributed by atoms with E-state index in [-0.39, 0.29) is 27.1 Å². The van der Waals surface area contributed by atoms with E-state index in [1.165, 1.54) is 12.1 Å². The lowest BCUT2D eigenvalue weighted by molar-refractivity contribution is -0.142. The normalized spacial score (nSPS) is 11.8. The second-order valence-corrected chi connectivity index (χ2v) is 4.42. The first-order valence-corrected chi connectivity index (χ1v) is 5.61. The van der Waals surface area contributed by atoms with Crippen molar-refractivity contribution in [1.29, 1.82) is 0 Å². The standard InChI is InChI=1S/C9H6Cl2F3N5/c10-5-1-4(2-6(15)7(5)11)8-16-17-18-19(8)3-9(12,13)14/h1-2H,3,15H2. The summed E-state index contributed by atoms with van der Waals surface area (Å²) in [6.45, 7) is -1.31. The van der Waals surface area contributed by atoms with E-state index in [0.29, 0.717) is 4.68 Å². The molecule has 0 aliphatic carbocycles. The Bertz CT molecular complexity index is 587. The van der Waals surface area contributed by atoms with Crippen molar-refractivity contribution in [2.45, 2.75) is 12.7 Å². The first kappa shape index (κ1) is 13.9. The maximum absolute atomic E-state index is 12.3. The zero-order chi connectivity index (χ0) is 14.2. The van der Waals surface area contributed by atoms with Crippen molar-refractivity contribution in [2.75, 3.05) is 5.73 Å². The van der Waals surface area contributed by atoms with Gasteiger partial charge in [-0.25, -0.2) is 4.68 Å². The highest BCUT2D eigenvalue weighted by Gasteiger charge is 2.30. The number of aromatic nitrogens is 4. The maximum Gasteiger partial charge on any atom is 0.408 e. The zero-order valence-electron chi connectivity index (χ0n) is 9.12. The molecule has 0 atom stereocenters. The topological polar surface area (TPSA) is 69.6 Å². The van der Waals surface area contributed by atoms with Gasteiger partial charge in [0, 0.05) is 5.56 Å². The molecule has 2 N–H and O–H groups in total. The van der Waals surface area contributed by atoms with Crippen LogP contribution in [0.3, 0.4) is 0 Å². The van der Waals surface area contributed by atoms with Crippen molar-refractivity contribution in [3.8, 4) is 11.4 Å². The Balaban J connectivity index is 2.46. The molecule has 0 fully saturated rings. The molecule has 0 aliphatic rings. The van der Waals surface area contributed by atoms with E-state index < -0.39 is 12.7 Å². The molecule has 0 saturated carbocycles. The Hall–Kier alpha value is -1.54. The molecule has 2 rings (SSSR count). The Labute approximate surface area is 115 Å². The monoisotopic (exact) mass is 311 g/mol. The number of anilines is 1. The average Bonchev–Trinajstić information content (AvgIpc) is 2.70. The van der Waals surface area contributed by atoms with Gasteiger partial charge in [0.15, 0.2) is 5.82 Å². The van der Waals surface area contributed by atoms with Gasteiger partial charge in [0.05, 0.1) is 15.7 Å². The van der Waals surface area contributed by atoms with Crippen LogP contribution in [0.5, 0.6) is 0 Å². The highest BCUT2D eigenvalue weighted by molar-refractivity contribution is 6.43. The Morgan fingerprint density at radius 1 is 1.26 bits per heavy atom. The summed E-state index contributed by atoms with van der Waals surface area (Å²) in [4.78, 5) is 0. The largest absolute Gasteiger partial charge is 0.408 e. The second kappa shape index (κ2) is 4.86. The van der Waals surface area contributed by atoms with Gasteiger partial charge < -0.3 is 5.73 Å². The zero-order valence-corrected chi connectivity index (χ0v) is 10.6. The van der Waals surface area contributed by atoms with Gasteiger partial charge in [-0.05, 0) is 22.6 Å². The lowest BCUT2D eigenvalue weighted by Crippen LogP contribution is -2.19. The fraction of sp³-hybridized carbons (Fsp3) is 0.222. The predicted molar refractivity (Wildman–Crippen MR) is 63.7 cm³/mol. The molecule has 0 bridgehead atoms. The molecule has 10 heteroatoms. The van der Waals surface area contributed by atoms with Crippen molar-refractivity contribution in [3.63, 3.8) is 0 Å². The van der Waals surface area contributed by atoms with Crippen LogP contribution in [0.2, 0.25) is 10.0 Å². The molecule has 0 spiro atoms. The summed E-state index contributed by atoms with van der Waals surface area (Å²) >= 11 is 11.6. The molecule has 19 heavy (non-hydrogen) atoms. The number of nitrogens with zero attached hydrogens (tertiary/aromatic N) is 4. The van der Waals surface area contributed by atoms with Gasteiger partial charge >= 0.3 is 6.18 Å². The molecule has 0 radical (unpaired) electrons. The van der Waals surface area contributed by atoms with Gasteiger partial charge in [0.1, 0.15) is 6.54 Å². The van der Waals surface area contributed by atoms with Gasteiger partial charge in [0.25, 0.3) is 0 Å². The van der Waals surface area contributed by atoms with Crippen LogP contribution >= 0.6 is 23.2 Å². The summed E-state index contributed by atoms with van der Waals surface area (Å²) in [6.07, 6.45) is -4.44. The Morgan fingerprint density at radius 3 is 2.53 bits per heavy atom. The summed E-state index contributed by atoms with van der Waals surface area (Å²) in [5.41, 5.74) is 5.97. The minimum absolute atomic E-state index is 0.0948. The number of rotatable bonds is 2. The average molecular weight is 312 g/mol. The minimum atomic E-state index is -4.44. The molecule has 1 aromatic heterocycles. The van der Waals surface area contributed by atoms with Gasteiger partial charge in [-0.15, -0.1) is 5.10 Å². The number of tetrazole rings is 1. The van der Waals surface area contributed by atoms with Crippen molar-refractivity contribution in [3.05, 3.63) is 22.2 Å². The molecular weight excluding hydrogens is 306 g/mol. The highest BCUT2D eigenvalue weighted by Crippen LogP contribution is 2.33. The van der Waals surface area contributed by atoms with Crippen LogP contribution in [0.1, 0.15) is 0 Å². The Kier molecular flexibility index (Phi) is 3.55. The Morgan fingerprint density at radius 2 is 1.95 bits per heavy atom. The molecule has 2 aromatic rings. The van der Waals surface area contributed by atoms with Crippen molar-refractivity contribution in [2.24, 2.45) is 0 Å². The number of nitrogen functional groups attached to an aromatic ring is 1. The van der Waals surface area contributed by atoms with Gasteiger partial charge in [-0.2, -0.15) is 13.2 Å². The smallest absolute Gasteiger partial charge is 0.397 e. The highest BCUT2D eigenvalue weighted by atomic mass is 35.5. The number of hydrogen-bond donors (Lipinski definition) is 1. The summed E-state index contributed by atoms with van der Waals surface area (Å²) in [5.74, 6) is -0.0948. The molecule has 1 heterocycles. The third-order valence-electron chi connectivity index (χ3n) is 2.18. The molecule has 0 aliphatic heterocycles. The van der Waals surface area contributed by atoms with E-state index in [1.807, 2.05) is 0 Å². The maximum atomic E-state index is 12.3. The number of nitrogens with two attached hydrogens (primary N) is 1. The molecule has 0 amide bonds. The van der Waals surface area contributed by atoms with E-state index >= 15 is 0 Å². The number of alkyl halides is 3. The lowest BCUT2D eigenvalue weighted by atomic mass is 10.2. The quantitative estimate of drug-likeness (QED) is 0.866. The molecular formula is C9H6Cl2F3N5. The summed E-state index contributed by atoms with van der Waals surface area (Å²) < 4.78 is 37.7. The fourth-order valence-corrected chi connectivity index (χ4v) is 1.76.